The van der Waals surface area contributed by atoms with Crippen molar-refractivity contribution < 1.29 is 33.2 Å². The predicted octanol–water partition coefficient (Wildman–Crippen LogP) is 4.07. The molecule has 4 rings (SSSR count). The smallest absolute Gasteiger partial charge is 0.338 e. The van der Waals surface area contributed by atoms with Crippen molar-refractivity contribution in [2.45, 2.75) is 44.0 Å². The summed E-state index contributed by atoms with van der Waals surface area (Å²) in [5, 5.41) is 9.89. The summed E-state index contributed by atoms with van der Waals surface area (Å²) >= 11 is 0. The Labute approximate surface area is 197 Å². The molecule has 1 fully saturated rings. The van der Waals surface area contributed by atoms with Gasteiger partial charge in [-0.05, 0) is 23.3 Å². The topological polar surface area (TPSA) is 74.2 Å². The highest BCUT2D eigenvalue weighted by Crippen LogP contribution is 2.31. The van der Waals surface area contributed by atoms with Crippen LogP contribution in [0.25, 0.3) is 0 Å². The fourth-order valence-electron chi connectivity index (χ4n) is 3.83. The van der Waals surface area contributed by atoms with Crippen LogP contribution in [0.4, 0.5) is 4.39 Å². The Morgan fingerprint density at radius 3 is 1.79 bits per heavy atom. The number of ether oxygens (including phenoxy) is 4. The van der Waals surface area contributed by atoms with Gasteiger partial charge in [-0.3, -0.25) is 0 Å². The lowest BCUT2D eigenvalue weighted by molar-refractivity contribution is -0.284. The summed E-state index contributed by atoms with van der Waals surface area (Å²) in [4.78, 5) is 12.7. The molecule has 1 aliphatic heterocycles. The number of carbonyl (C=O) groups excluding carboxylic acids is 1. The highest BCUT2D eigenvalue weighted by molar-refractivity contribution is 5.89. The molecule has 34 heavy (non-hydrogen) atoms. The third-order valence-corrected chi connectivity index (χ3v) is 5.58. The number of benzene rings is 3. The highest BCUT2D eigenvalue weighted by Gasteiger charge is 2.50. The van der Waals surface area contributed by atoms with Gasteiger partial charge in [-0.25, -0.2) is 9.18 Å². The Morgan fingerprint density at radius 2 is 1.26 bits per heavy atom. The second-order valence-electron chi connectivity index (χ2n) is 7.97. The minimum atomic E-state index is -2.00. The van der Waals surface area contributed by atoms with Crippen molar-refractivity contribution >= 4 is 5.97 Å². The van der Waals surface area contributed by atoms with Crippen molar-refractivity contribution in [3.63, 3.8) is 0 Å². The zero-order chi connectivity index (χ0) is 23.8. The van der Waals surface area contributed by atoms with Gasteiger partial charge in [0, 0.05) is 0 Å². The van der Waals surface area contributed by atoms with Crippen LogP contribution in [-0.4, -0.2) is 48.5 Å². The number of rotatable bonds is 9. The molecule has 0 amide bonds. The number of aliphatic hydroxyl groups is 1. The molecular formula is C27H27FO6. The van der Waals surface area contributed by atoms with Crippen molar-refractivity contribution in [1.29, 1.82) is 0 Å². The maximum absolute atomic E-state index is 15.1. The largest absolute Gasteiger partial charge is 0.450 e. The normalized spacial score (nSPS) is 24.5. The van der Waals surface area contributed by atoms with Gasteiger partial charge in [0.15, 0.2) is 6.10 Å². The number of esters is 1. The molecule has 5 atom stereocenters. The Hall–Kier alpha value is -3.10. The van der Waals surface area contributed by atoms with Crippen LogP contribution in [0.2, 0.25) is 0 Å². The molecule has 0 saturated carbocycles. The molecule has 1 aliphatic rings. The lowest BCUT2D eigenvalue weighted by Crippen LogP contribution is -2.60. The van der Waals surface area contributed by atoms with Crippen molar-refractivity contribution in [1.82, 2.24) is 0 Å². The average molecular weight is 467 g/mol. The van der Waals surface area contributed by atoms with Crippen molar-refractivity contribution in [2.24, 2.45) is 0 Å². The van der Waals surface area contributed by atoms with E-state index < -0.39 is 43.3 Å². The van der Waals surface area contributed by atoms with Crippen LogP contribution < -0.4 is 0 Å². The van der Waals surface area contributed by atoms with Gasteiger partial charge < -0.3 is 24.1 Å². The summed E-state index contributed by atoms with van der Waals surface area (Å²) in [6, 6.07) is 27.1. The van der Waals surface area contributed by atoms with E-state index in [4.69, 9.17) is 18.9 Å². The van der Waals surface area contributed by atoms with Crippen LogP contribution in [0.3, 0.4) is 0 Å². The van der Waals surface area contributed by atoms with Gasteiger partial charge in [0.05, 0.1) is 25.4 Å². The Morgan fingerprint density at radius 1 is 0.765 bits per heavy atom. The van der Waals surface area contributed by atoms with Crippen LogP contribution in [0.1, 0.15) is 21.5 Å². The first kappa shape index (κ1) is 24.0. The number of aliphatic hydroxyl groups excluding tert-OH is 1. The molecule has 3 aromatic carbocycles. The minimum absolute atomic E-state index is 0.140. The molecular weight excluding hydrogens is 439 g/mol. The molecule has 0 bridgehead atoms. The maximum atomic E-state index is 15.1. The average Bonchev–Trinajstić information content (AvgIpc) is 2.89. The second-order valence-corrected chi connectivity index (χ2v) is 7.97. The molecule has 7 heteroatoms. The summed E-state index contributed by atoms with van der Waals surface area (Å²) in [7, 11) is 0. The van der Waals surface area contributed by atoms with Crippen LogP contribution in [0, 0.1) is 0 Å². The van der Waals surface area contributed by atoms with E-state index in [0.29, 0.717) is 0 Å². The first-order chi connectivity index (χ1) is 16.7. The summed E-state index contributed by atoms with van der Waals surface area (Å²) < 4.78 is 38.2. The maximum Gasteiger partial charge on any atom is 0.338 e. The number of hydrogen-bond donors (Lipinski definition) is 1. The van der Waals surface area contributed by atoms with E-state index in [-0.39, 0.29) is 18.8 Å². The molecule has 3 aromatic rings. The standard InChI is InChI=1S/C27H27FO6/c28-26-25(34-27(30)21-14-8-3-9-15-21)24(32-18-20-12-6-2-7-13-20)23(22(16-29)33-26)31-17-19-10-4-1-5-11-19/h1-15,22-26,29H,16-18H2/t22-,23-,24+,25-,26-/m1/s1. The van der Waals surface area contributed by atoms with Gasteiger partial charge >= 0.3 is 5.97 Å². The SMILES string of the molecule is O=C(O[C@@H]1[C@@H](OCc2ccccc2)[C@H](OCc2ccccc2)[C@@H](CO)O[C@H]1F)c1ccccc1. The fourth-order valence-corrected chi connectivity index (χ4v) is 3.83. The van der Waals surface area contributed by atoms with Crippen molar-refractivity contribution in [3.05, 3.63) is 108 Å². The summed E-state index contributed by atoms with van der Waals surface area (Å²) in [6.45, 7) is -0.155. The number of hydrogen-bond acceptors (Lipinski definition) is 6. The molecule has 0 aliphatic carbocycles. The van der Waals surface area contributed by atoms with Gasteiger partial charge in [-0.15, -0.1) is 0 Å². The molecule has 0 unspecified atom stereocenters. The molecule has 1 N–H and O–H groups in total. The molecule has 1 heterocycles. The van der Waals surface area contributed by atoms with Gasteiger partial charge in [0.25, 0.3) is 0 Å². The molecule has 1 saturated heterocycles. The Balaban J connectivity index is 1.57. The first-order valence-electron chi connectivity index (χ1n) is 11.1. The molecule has 0 spiro atoms. The summed E-state index contributed by atoms with van der Waals surface area (Å²) in [5.41, 5.74) is 2.03. The zero-order valence-electron chi connectivity index (χ0n) is 18.5. The number of alkyl halides is 1. The minimum Gasteiger partial charge on any atom is -0.450 e. The molecule has 0 aromatic heterocycles. The second kappa shape index (κ2) is 11.9. The lowest BCUT2D eigenvalue weighted by Gasteiger charge is -2.42. The van der Waals surface area contributed by atoms with E-state index >= 15 is 4.39 Å². The Kier molecular flexibility index (Phi) is 8.38. The van der Waals surface area contributed by atoms with Crippen molar-refractivity contribution in [3.8, 4) is 0 Å². The summed E-state index contributed by atoms with van der Waals surface area (Å²) in [5.74, 6) is -0.700. The molecule has 0 radical (unpaired) electrons. The predicted molar refractivity (Wildman–Crippen MR) is 123 cm³/mol. The molecule has 6 nitrogen and oxygen atoms in total. The van der Waals surface area contributed by atoms with E-state index in [0.717, 1.165) is 11.1 Å². The van der Waals surface area contributed by atoms with Crippen LogP contribution in [-0.2, 0) is 32.2 Å². The third kappa shape index (κ3) is 6.07. The first-order valence-corrected chi connectivity index (χ1v) is 11.1. The lowest BCUT2D eigenvalue weighted by atomic mass is 9.98. The van der Waals surface area contributed by atoms with E-state index in [9.17, 15) is 9.90 Å². The van der Waals surface area contributed by atoms with Crippen LogP contribution >= 0.6 is 0 Å². The van der Waals surface area contributed by atoms with E-state index in [1.54, 1.807) is 30.3 Å². The number of halogens is 1. The third-order valence-electron chi connectivity index (χ3n) is 5.58. The van der Waals surface area contributed by atoms with Gasteiger partial charge in [-0.1, -0.05) is 78.9 Å². The monoisotopic (exact) mass is 466 g/mol. The highest BCUT2D eigenvalue weighted by atomic mass is 19.1. The van der Waals surface area contributed by atoms with Crippen LogP contribution in [0.5, 0.6) is 0 Å². The molecule has 178 valence electrons. The number of carbonyl (C=O) groups is 1. The van der Waals surface area contributed by atoms with Gasteiger partial charge in [-0.2, -0.15) is 0 Å². The van der Waals surface area contributed by atoms with Gasteiger partial charge in [0.1, 0.15) is 18.3 Å². The zero-order valence-corrected chi connectivity index (χ0v) is 18.5. The van der Waals surface area contributed by atoms with E-state index in [1.807, 2.05) is 60.7 Å². The fraction of sp³-hybridized carbons (Fsp3) is 0.296. The van der Waals surface area contributed by atoms with Crippen LogP contribution in [0.15, 0.2) is 91.0 Å². The Bertz CT molecular complexity index is 1020. The van der Waals surface area contributed by atoms with Gasteiger partial charge in [0.2, 0.25) is 6.36 Å². The van der Waals surface area contributed by atoms with E-state index in [2.05, 4.69) is 0 Å². The quantitative estimate of drug-likeness (QED) is 0.480. The van der Waals surface area contributed by atoms with Crippen molar-refractivity contribution in [2.75, 3.05) is 6.61 Å². The summed E-state index contributed by atoms with van der Waals surface area (Å²) in [6.07, 6.45) is -6.28. The van der Waals surface area contributed by atoms with E-state index in [1.165, 1.54) is 0 Å².